The molecule has 4 atom stereocenters. The summed E-state index contributed by atoms with van der Waals surface area (Å²) in [6.07, 6.45) is 7.92. The fourth-order valence-corrected chi connectivity index (χ4v) is 8.58. The first-order chi connectivity index (χ1) is 27.6. The van der Waals surface area contributed by atoms with Gasteiger partial charge in [0.15, 0.2) is 0 Å². The zero-order valence-corrected chi connectivity index (χ0v) is 33.6. The zero-order valence-electron chi connectivity index (χ0n) is 33.6. The molecule has 2 aliphatic rings. The van der Waals surface area contributed by atoms with E-state index in [0.717, 1.165) is 78.0 Å². The molecule has 2 saturated heterocycles. The number of amides is 4. The molecule has 14 heteroatoms. The van der Waals surface area contributed by atoms with Crippen LogP contribution in [-0.2, 0) is 14.3 Å². The Morgan fingerprint density at radius 1 is 0.684 bits per heavy atom. The number of benzene rings is 2. The number of imidazole rings is 2. The van der Waals surface area contributed by atoms with E-state index in [4.69, 9.17) is 9.72 Å². The molecule has 5 N–H and O–H groups in total. The number of aromatic amines is 2. The topological polar surface area (TPSA) is 186 Å². The number of aromatic nitrogens is 4. The molecule has 2 aromatic heterocycles. The Balaban J connectivity index is 1.11. The molecule has 14 nitrogen and oxygen atoms in total. The predicted octanol–water partition coefficient (Wildman–Crippen LogP) is 7.69. The van der Waals surface area contributed by atoms with Gasteiger partial charge in [0, 0.05) is 13.1 Å². The fraction of sp³-hybridized carbons (Fsp3) is 0.488. The highest BCUT2D eigenvalue weighted by molar-refractivity contribution is 5.87. The maximum absolute atomic E-state index is 13.8. The number of rotatable bonds is 15. The Morgan fingerprint density at radius 3 is 1.44 bits per heavy atom. The number of nitrogens with zero attached hydrogens (tertiary/aromatic N) is 4. The van der Waals surface area contributed by atoms with Gasteiger partial charge in [0.2, 0.25) is 11.8 Å². The molecule has 0 bridgehead atoms. The number of carbonyl (C=O) groups is 4. The lowest BCUT2D eigenvalue weighted by Crippen LogP contribution is -2.52. The number of methoxy groups -OCH3 is 1. The largest absolute Gasteiger partial charge is 0.465 e. The minimum Gasteiger partial charge on any atom is -0.465 e. The number of alkyl carbamates (subject to hydrolysis) is 1. The van der Waals surface area contributed by atoms with Gasteiger partial charge in [-0.2, -0.15) is 0 Å². The van der Waals surface area contributed by atoms with Crippen molar-refractivity contribution >= 4 is 24.0 Å². The number of likely N-dealkylation sites (tertiary alicyclic amines) is 2. The second kappa shape index (κ2) is 18.5. The highest BCUT2D eigenvalue weighted by atomic mass is 16.5. The summed E-state index contributed by atoms with van der Waals surface area (Å²) in [6, 6.07) is 14.6. The van der Waals surface area contributed by atoms with Crippen molar-refractivity contribution < 1.29 is 29.0 Å². The average Bonchev–Trinajstić information content (AvgIpc) is 4.07. The number of ether oxygens (including phenoxy) is 1. The second-order valence-electron chi connectivity index (χ2n) is 15.1. The molecule has 0 aliphatic carbocycles. The molecule has 0 unspecified atom stereocenters. The van der Waals surface area contributed by atoms with Gasteiger partial charge in [0.25, 0.3) is 0 Å². The zero-order chi connectivity index (χ0) is 40.6. The van der Waals surface area contributed by atoms with Gasteiger partial charge >= 0.3 is 12.2 Å². The van der Waals surface area contributed by atoms with Crippen LogP contribution in [-0.4, -0.2) is 91.1 Å². The Kier molecular flexibility index (Phi) is 13.3. The van der Waals surface area contributed by atoms with E-state index in [1.54, 1.807) is 11.1 Å². The van der Waals surface area contributed by atoms with Crippen LogP contribution in [0.1, 0.15) is 103 Å². The van der Waals surface area contributed by atoms with Gasteiger partial charge in [-0.1, -0.05) is 102 Å². The molecular weight excluding hydrogens is 725 g/mol. The Bertz CT molecular complexity index is 1980. The lowest BCUT2D eigenvalue weighted by molar-refractivity contribution is -0.136. The van der Waals surface area contributed by atoms with Crippen molar-refractivity contribution in [2.45, 2.75) is 103 Å². The summed E-state index contributed by atoms with van der Waals surface area (Å²) < 4.78 is 4.84. The van der Waals surface area contributed by atoms with Crippen LogP contribution in [0.4, 0.5) is 9.59 Å². The van der Waals surface area contributed by atoms with E-state index in [0.29, 0.717) is 31.8 Å². The smallest absolute Gasteiger partial charge is 0.407 e. The number of carbonyl (C=O) groups excluding carboxylic acids is 3. The van der Waals surface area contributed by atoms with Crippen LogP contribution >= 0.6 is 0 Å². The molecule has 57 heavy (non-hydrogen) atoms. The maximum atomic E-state index is 13.8. The SMILES string of the molecule is CCC(CC)[C@H](NC(=O)O)C(=O)N1CCC[C@H]1c1ncc(-c2ccc(-c3ccc(-c4cnc([C@@H]5CCCN5C(=O)[C@@H](NC(=O)OC)C(CC)CC)[nH]4)cc3)cc2)[nH]1. The summed E-state index contributed by atoms with van der Waals surface area (Å²) in [5.74, 6) is 1.03. The molecule has 4 aromatic rings. The van der Waals surface area contributed by atoms with E-state index in [2.05, 4.69) is 62.0 Å². The molecule has 0 spiro atoms. The van der Waals surface area contributed by atoms with Crippen molar-refractivity contribution in [2.24, 2.45) is 11.8 Å². The summed E-state index contributed by atoms with van der Waals surface area (Å²) in [5, 5.41) is 14.8. The van der Waals surface area contributed by atoms with Crippen LogP contribution in [0.5, 0.6) is 0 Å². The molecule has 2 aromatic carbocycles. The average molecular weight is 781 g/mol. The molecule has 2 aliphatic heterocycles. The van der Waals surface area contributed by atoms with Gasteiger partial charge in [-0.25, -0.2) is 19.6 Å². The standard InChI is InChI=1S/C43H56N8O6/c1-6-26(7-2)36(48-42(54)55)40(52)50-22-10-12-34(50)38-44-24-32(46-38)30-18-14-28(15-19-30)29-16-20-31(21-17-29)33-25-45-39(47-33)35-13-11-23-51(35)41(53)37(27(8-3)9-4)49-43(56)57-5/h14-21,24-27,34-37,48H,6-13,22-23H2,1-5H3,(H,44,46)(H,45,47)(H,49,56)(H,54,55)/t34-,35-,36-,37-/m0/s1. The Morgan fingerprint density at radius 2 is 1.07 bits per heavy atom. The van der Waals surface area contributed by atoms with Crippen molar-refractivity contribution in [1.29, 1.82) is 0 Å². The van der Waals surface area contributed by atoms with Gasteiger partial charge in [-0.3, -0.25) is 9.59 Å². The third-order valence-electron chi connectivity index (χ3n) is 11.9. The van der Waals surface area contributed by atoms with Gasteiger partial charge in [-0.15, -0.1) is 0 Å². The molecule has 6 rings (SSSR count). The van der Waals surface area contributed by atoms with Crippen LogP contribution in [0, 0.1) is 11.8 Å². The van der Waals surface area contributed by atoms with Gasteiger partial charge in [-0.05, 0) is 59.8 Å². The van der Waals surface area contributed by atoms with E-state index in [-0.39, 0.29) is 35.7 Å². The van der Waals surface area contributed by atoms with Crippen LogP contribution in [0.3, 0.4) is 0 Å². The van der Waals surface area contributed by atoms with Crippen molar-refractivity contribution in [3.8, 4) is 33.6 Å². The third kappa shape index (κ3) is 9.00. The molecule has 0 saturated carbocycles. The molecule has 0 radical (unpaired) electrons. The molecule has 304 valence electrons. The van der Waals surface area contributed by atoms with E-state index in [9.17, 15) is 24.3 Å². The number of nitrogens with one attached hydrogen (secondary N) is 4. The molecule has 4 amide bonds. The molecule has 4 heterocycles. The summed E-state index contributed by atoms with van der Waals surface area (Å²) in [5.41, 5.74) is 5.74. The highest BCUT2D eigenvalue weighted by Gasteiger charge is 2.40. The van der Waals surface area contributed by atoms with Crippen molar-refractivity contribution in [3.05, 3.63) is 72.6 Å². The van der Waals surface area contributed by atoms with Gasteiger partial charge in [0.05, 0.1) is 43.0 Å². The second-order valence-corrected chi connectivity index (χ2v) is 15.1. The van der Waals surface area contributed by atoms with Gasteiger partial charge < -0.3 is 40.2 Å². The fourth-order valence-electron chi connectivity index (χ4n) is 8.58. The summed E-state index contributed by atoms with van der Waals surface area (Å²) >= 11 is 0. The Hall–Kier alpha value is -5.66. The van der Waals surface area contributed by atoms with Crippen molar-refractivity contribution in [3.63, 3.8) is 0 Å². The molecule has 2 fully saturated rings. The van der Waals surface area contributed by atoms with Crippen molar-refractivity contribution in [2.75, 3.05) is 20.2 Å². The number of hydrogen-bond donors (Lipinski definition) is 5. The summed E-state index contributed by atoms with van der Waals surface area (Å²) in [7, 11) is 1.31. The molecular formula is C43H56N8O6. The highest BCUT2D eigenvalue weighted by Crippen LogP contribution is 2.36. The van der Waals surface area contributed by atoms with E-state index in [1.165, 1.54) is 7.11 Å². The predicted molar refractivity (Wildman–Crippen MR) is 217 cm³/mol. The third-order valence-corrected chi connectivity index (χ3v) is 11.9. The van der Waals surface area contributed by atoms with Gasteiger partial charge in [0.1, 0.15) is 23.7 Å². The first-order valence-corrected chi connectivity index (χ1v) is 20.4. The van der Waals surface area contributed by atoms with Crippen LogP contribution in [0.15, 0.2) is 60.9 Å². The number of hydrogen-bond acceptors (Lipinski definition) is 7. The minimum absolute atomic E-state index is 0.00543. The number of carboxylic acid groups (broad SMARTS) is 1. The monoisotopic (exact) mass is 780 g/mol. The van der Waals surface area contributed by atoms with Crippen molar-refractivity contribution in [1.82, 2.24) is 40.4 Å². The Labute approximate surface area is 334 Å². The first kappa shape index (κ1) is 41.0. The van der Waals surface area contributed by atoms with Crippen LogP contribution < -0.4 is 10.6 Å². The normalized spacial score (nSPS) is 17.9. The first-order valence-electron chi connectivity index (χ1n) is 20.4. The van der Waals surface area contributed by atoms with Crippen LogP contribution in [0.2, 0.25) is 0 Å². The quantitative estimate of drug-likeness (QED) is 0.0813. The summed E-state index contributed by atoms with van der Waals surface area (Å²) in [6.45, 7) is 9.17. The lowest BCUT2D eigenvalue weighted by atomic mass is 9.93. The minimum atomic E-state index is -1.19. The van der Waals surface area contributed by atoms with Crippen LogP contribution in [0.25, 0.3) is 33.6 Å². The summed E-state index contributed by atoms with van der Waals surface area (Å²) in [4.78, 5) is 71.2. The van der Waals surface area contributed by atoms with E-state index >= 15 is 0 Å². The lowest BCUT2D eigenvalue weighted by Gasteiger charge is -2.31. The number of H-pyrrole nitrogens is 2. The maximum Gasteiger partial charge on any atom is 0.407 e. The van der Waals surface area contributed by atoms with E-state index in [1.807, 2.05) is 50.9 Å². The van der Waals surface area contributed by atoms with E-state index < -0.39 is 24.3 Å².